The largest absolute Gasteiger partial charge is 0.368 e. The first kappa shape index (κ1) is 14.0. The van der Waals surface area contributed by atoms with Crippen LogP contribution in [0.3, 0.4) is 0 Å². The summed E-state index contributed by atoms with van der Waals surface area (Å²) in [6, 6.07) is 7.65. The Balaban J connectivity index is 1.65. The van der Waals surface area contributed by atoms with Crippen molar-refractivity contribution < 1.29 is 4.79 Å². The van der Waals surface area contributed by atoms with E-state index in [1.807, 2.05) is 37.4 Å². The lowest BCUT2D eigenvalue weighted by Gasteiger charge is -2.29. The molecule has 0 saturated carbocycles. The molecule has 0 aromatic carbocycles. The van der Waals surface area contributed by atoms with E-state index in [4.69, 9.17) is 0 Å². The number of hydrogen-bond acceptors (Lipinski definition) is 5. The van der Waals surface area contributed by atoms with Crippen LogP contribution in [-0.2, 0) is 0 Å². The van der Waals surface area contributed by atoms with Crippen LogP contribution in [-0.4, -0.2) is 37.1 Å². The number of carbonyl (C=O) groups is 1. The Morgan fingerprint density at radius 2 is 2.10 bits per heavy atom. The molecule has 2 N–H and O–H groups in total. The summed E-state index contributed by atoms with van der Waals surface area (Å²) in [6.07, 6.45) is 1.82. The number of hydrogen-bond donors (Lipinski definition) is 2. The summed E-state index contributed by atoms with van der Waals surface area (Å²) in [5, 5.41) is 6.16. The van der Waals surface area contributed by atoms with Crippen molar-refractivity contribution in [2.45, 2.75) is 6.92 Å². The second-order valence-electron chi connectivity index (χ2n) is 5.00. The molecule has 3 heterocycles. The molecule has 2 aromatic rings. The SMILES string of the molecule is Cc1ccc(C(=O)Nc2ccc(N3CCNCC3)cn2)s1. The smallest absolute Gasteiger partial charge is 0.266 e. The van der Waals surface area contributed by atoms with Crippen molar-refractivity contribution in [2.75, 3.05) is 36.4 Å². The van der Waals surface area contributed by atoms with Gasteiger partial charge in [-0.2, -0.15) is 0 Å². The highest BCUT2D eigenvalue weighted by Crippen LogP contribution is 2.18. The van der Waals surface area contributed by atoms with E-state index in [-0.39, 0.29) is 5.91 Å². The van der Waals surface area contributed by atoms with Gasteiger partial charge in [0.2, 0.25) is 0 Å². The van der Waals surface area contributed by atoms with Crippen LogP contribution < -0.4 is 15.5 Å². The van der Waals surface area contributed by atoms with E-state index in [1.165, 1.54) is 11.3 Å². The highest BCUT2D eigenvalue weighted by molar-refractivity contribution is 7.14. The maximum absolute atomic E-state index is 12.1. The van der Waals surface area contributed by atoms with Gasteiger partial charge in [0, 0.05) is 31.1 Å². The van der Waals surface area contributed by atoms with E-state index in [0.717, 1.165) is 36.7 Å². The lowest BCUT2D eigenvalue weighted by molar-refractivity contribution is 0.103. The third-order valence-electron chi connectivity index (χ3n) is 3.44. The van der Waals surface area contributed by atoms with Crippen molar-refractivity contribution in [2.24, 2.45) is 0 Å². The summed E-state index contributed by atoms with van der Waals surface area (Å²) in [5.41, 5.74) is 1.10. The molecule has 0 radical (unpaired) electrons. The van der Waals surface area contributed by atoms with Gasteiger partial charge in [-0.25, -0.2) is 4.98 Å². The monoisotopic (exact) mass is 302 g/mol. The number of pyridine rings is 1. The second-order valence-corrected chi connectivity index (χ2v) is 6.29. The molecule has 1 amide bonds. The zero-order chi connectivity index (χ0) is 14.7. The molecule has 0 atom stereocenters. The number of carbonyl (C=O) groups excluding carboxylic acids is 1. The van der Waals surface area contributed by atoms with Gasteiger partial charge in [0.15, 0.2) is 0 Å². The van der Waals surface area contributed by atoms with Crippen LogP contribution in [0, 0.1) is 6.92 Å². The van der Waals surface area contributed by atoms with Gasteiger partial charge in [-0.1, -0.05) is 0 Å². The fourth-order valence-electron chi connectivity index (χ4n) is 2.30. The molecule has 0 aliphatic carbocycles. The molecule has 1 aliphatic rings. The fraction of sp³-hybridized carbons (Fsp3) is 0.333. The van der Waals surface area contributed by atoms with Gasteiger partial charge >= 0.3 is 0 Å². The Kier molecular flexibility index (Phi) is 4.17. The van der Waals surface area contributed by atoms with Gasteiger partial charge in [-0.05, 0) is 31.2 Å². The molecule has 2 aromatic heterocycles. The third kappa shape index (κ3) is 3.40. The zero-order valence-corrected chi connectivity index (χ0v) is 12.7. The Morgan fingerprint density at radius 3 is 2.71 bits per heavy atom. The first-order valence-corrected chi connectivity index (χ1v) is 7.83. The number of anilines is 2. The molecule has 0 unspecified atom stereocenters. The third-order valence-corrected chi connectivity index (χ3v) is 4.44. The molecule has 110 valence electrons. The number of aromatic nitrogens is 1. The molecule has 1 saturated heterocycles. The number of nitrogens with zero attached hydrogens (tertiary/aromatic N) is 2. The zero-order valence-electron chi connectivity index (χ0n) is 11.9. The highest BCUT2D eigenvalue weighted by Gasteiger charge is 2.12. The standard InChI is InChI=1S/C15H18N4OS/c1-11-2-4-13(21-11)15(20)18-14-5-3-12(10-17-14)19-8-6-16-7-9-19/h2-5,10,16H,6-9H2,1H3,(H,17,18,20). The van der Waals surface area contributed by atoms with E-state index >= 15 is 0 Å². The second kappa shape index (κ2) is 6.24. The van der Waals surface area contributed by atoms with Crippen LogP contribution in [0.1, 0.15) is 14.5 Å². The van der Waals surface area contributed by atoms with Gasteiger partial charge in [-0.15, -0.1) is 11.3 Å². The van der Waals surface area contributed by atoms with Crippen molar-refractivity contribution in [3.8, 4) is 0 Å². The predicted octanol–water partition coefficient (Wildman–Crippen LogP) is 2.11. The Bertz CT molecular complexity index is 617. The number of thiophene rings is 1. The van der Waals surface area contributed by atoms with Crippen LogP contribution in [0.5, 0.6) is 0 Å². The van der Waals surface area contributed by atoms with Crippen LogP contribution in [0.2, 0.25) is 0 Å². The van der Waals surface area contributed by atoms with Crippen molar-refractivity contribution in [1.29, 1.82) is 0 Å². The number of rotatable bonds is 3. The first-order chi connectivity index (χ1) is 10.2. The van der Waals surface area contributed by atoms with E-state index in [9.17, 15) is 4.79 Å². The number of nitrogens with one attached hydrogen (secondary N) is 2. The predicted molar refractivity (Wildman–Crippen MR) is 86.3 cm³/mol. The lowest BCUT2D eigenvalue weighted by atomic mass is 10.3. The molecule has 1 aliphatic heterocycles. The first-order valence-electron chi connectivity index (χ1n) is 7.02. The summed E-state index contributed by atoms with van der Waals surface area (Å²) in [5.74, 6) is 0.487. The van der Waals surface area contributed by atoms with Crippen molar-refractivity contribution in [3.63, 3.8) is 0 Å². The minimum absolute atomic E-state index is 0.101. The number of piperazine rings is 1. The van der Waals surface area contributed by atoms with Crippen molar-refractivity contribution in [3.05, 3.63) is 40.2 Å². The summed E-state index contributed by atoms with van der Waals surface area (Å²) in [4.78, 5) is 20.5. The Labute approximate surface area is 128 Å². The summed E-state index contributed by atoms with van der Waals surface area (Å²) in [7, 11) is 0. The molecule has 1 fully saturated rings. The van der Waals surface area contributed by atoms with Gasteiger partial charge in [0.05, 0.1) is 16.8 Å². The topological polar surface area (TPSA) is 57.3 Å². The van der Waals surface area contributed by atoms with Gasteiger partial charge in [-0.3, -0.25) is 4.79 Å². The molecule has 6 heteroatoms. The Hall–Kier alpha value is -1.92. The normalized spacial score (nSPS) is 15.0. The molecule has 0 bridgehead atoms. The van der Waals surface area contributed by atoms with E-state index < -0.39 is 0 Å². The number of aryl methyl sites for hydroxylation is 1. The van der Waals surface area contributed by atoms with Gasteiger partial charge in [0.25, 0.3) is 5.91 Å². The fourth-order valence-corrected chi connectivity index (χ4v) is 3.07. The maximum Gasteiger partial charge on any atom is 0.266 e. The molecule has 3 rings (SSSR count). The van der Waals surface area contributed by atoms with Crippen molar-refractivity contribution in [1.82, 2.24) is 10.3 Å². The van der Waals surface area contributed by atoms with Crippen LogP contribution in [0.4, 0.5) is 11.5 Å². The summed E-state index contributed by atoms with van der Waals surface area (Å²) in [6.45, 7) is 5.96. The van der Waals surface area contributed by atoms with Crippen molar-refractivity contribution >= 4 is 28.7 Å². The maximum atomic E-state index is 12.1. The van der Waals surface area contributed by atoms with Gasteiger partial charge in [0.1, 0.15) is 5.82 Å². The van der Waals surface area contributed by atoms with E-state index in [0.29, 0.717) is 10.7 Å². The quantitative estimate of drug-likeness (QED) is 0.912. The molecular weight excluding hydrogens is 284 g/mol. The van der Waals surface area contributed by atoms with Gasteiger partial charge < -0.3 is 15.5 Å². The highest BCUT2D eigenvalue weighted by atomic mass is 32.1. The molecule has 5 nitrogen and oxygen atoms in total. The minimum atomic E-state index is -0.101. The van der Waals surface area contributed by atoms with Crippen LogP contribution in [0.25, 0.3) is 0 Å². The summed E-state index contributed by atoms with van der Waals surface area (Å²) >= 11 is 1.49. The minimum Gasteiger partial charge on any atom is -0.368 e. The van der Waals surface area contributed by atoms with E-state index in [1.54, 1.807) is 0 Å². The number of amides is 1. The van der Waals surface area contributed by atoms with Crippen LogP contribution >= 0.6 is 11.3 Å². The van der Waals surface area contributed by atoms with Crippen LogP contribution in [0.15, 0.2) is 30.5 Å². The molecule has 21 heavy (non-hydrogen) atoms. The summed E-state index contributed by atoms with van der Waals surface area (Å²) < 4.78 is 0. The average molecular weight is 302 g/mol. The molecular formula is C15H18N4OS. The average Bonchev–Trinajstić information content (AvgIpc) is 2.96. The Morgan fingerprint density at radius 1 is 1.29 bits per heavy atom. The van der Waals surface area contributed by atoms with E-state index in [2.05, 4.69) is 20.5 Å². The molecule has 0 spiro atoms. The lowest BCUT2D eigenvalue weighted by Crippen LogP contribution is -2.43.